The Labute approximate surface area is 116 Å². The van der Waals surface area contributed by atoms with Gasteiger partial charge in [0, 0.05) is 12.2 Å². The highest BCUT2D eigenvalue weighted by Gasteiger charge is 2.30. The smallest absolute Gasteiger partial charge is 0.362 e. The monoisotopic (exact) mass is 290 g/mol. The van der Waals surface area contributed by atoms with E-state index in [9.17, 15) is 13.2 Å². The number of rotatable bonds is 2. The summed E-state index contributed by atoms with van der Waals surface area (Å²) in [5.74, 6) is 0. The highest BCUT2D eigenvalue weighted by Crippen LogP contribution is 2.30. The molecule has 0 fully saturated rings. The Morgan fingerprint density at radius 2 is 1.84 bits per heavy atom. The molecule has 0 heterocycles. The first-order valence-corrected chi connectivity index (χ1v) is 6.21. The topological polar surface area (TPSA) is 24.1 Å². The fourth-order valence-corrected chi connectivity index (χ4v) is 1.48. The predicted octanol–water partition coefficient (Wildman–Crippen LogP) is 4.04. The maximum atomic E-state index is 12.5. The van der Waals surface area contributed by atoms with Crippen LogP contribution in [0.5, 0.6) is 0 Å². The normalized spacial score (nSPS) is 12.1. The molecule has 2 nitrogen and oxygen atoms in total. The lowest BCUT2D eigenvalue weighted by Gasteiger charge is -2.20. The van der Waals surface area contributed by atoms with Crippen LogP contribution in [0, 0.1) is 5.41 Å². The summed E-state index contributed by atoms with van der Waals surface area (Å²) in [5.41, 5.74) is -0.336. The van der Waals surface area contributed by atoms with Crippen molar-refractivity contribution < 1.29 is 13.2 Å². The average molecular weight is 290 g/mol. The molecule has 0 spiro atoms. The molecular weight excluding hydrogens is 273 g/mol. The summed E-state index contributed by atoms with van der Waals surface area (Å²) in [6.07, 6.45) is -4.35. The third kappa shape index (κ3) is 5.92. The van der Waals surface area contributed by atoms with E-state index < -0.39 is 11.7 Å². The van der Waals surface area contributed by atoms with Crippen LogP contribution >= 0.6 is 12.2 Å². The van der Waals surface area contributed by atoms with Crippen molar-refractivity contribution in [2.75, 3.05) is 11.9 Å². The summed E-state index contributed by atoms with van der Waals surface area (Å²) >= 11 is 5.04. The van der Waals surface area contributed by atoms with E-state index in [0.717, 1.165) is 12.1 Å². The van der Waals surface area contributed by atoms with E-state index in [1.54, 1.807) is 6.07 Å². The summed E-state index contributed by atoms with van der Waals surface area (Å²) in [7, 11) is 0. The molecule has 0 aliphatic heterocycles. The quantitative estimate of drug-likeness (QED) is 0.804. The van der Waals surface area contributed by atoms with Gasteiger partial charge in [-0.2, -0.15) is 13.2 Å². The van der Waals surface area contributed by atoms with Crippen molar-refractivity contribution in [3.05, 3.63) is 29.8 Å². The minimum absolute atomic E-state index is 0.0412. The van der Waals surface area contributed by atoms with Gasteiger partial charge in [0.05, 0.1) is 5.56 Å². The molecule has 0 saturated heterocycles. The first-order valence-electron chi connectivity index (χ1n) is 5.80. The Bertz CT molecular complexity index is 450. The van der Waals surface area contributed by atoms with Gasteiger partial charge >= 0.3 is 6.18 Å². The van der Waals surface area contributed by atoms with Gasteiger partial charge in [0.15, 0.2) is 5.11 Å². The number of benzene rings is 1. The van der Waals surface area contributed by atoms with E-state index >= 15 is 0 Å². The molecule has 0 unspecified atom stereocenters. The van der Waals surface area contributed by atoms with Crippen molar-refractivity contribution in [2.45, 2.75) is 26.9 Å². The average Bonchev–Trinajstić information content (AvgIpc) is 2.25. The molecule has 106 valence electrons. The number of hydrogen-bond acceptors (Lipinski definition) is 1. The van der Waals surface area contributed by atoms with Gasteiger partial charge in [-0.1, -0.05) is 26.8 Å². The van der Waals surface area contributed by atoms with Crippen LogP contribution in [0.4, 0.5) is 18.9 Å². The molecule has 0 aliphatic rings. The fourth-order valence-electron chi connectivity index (χ4n) is 1.29. The van der Waals surface area contributed by atoms with Crippen molar-refractivity contribution in [1.82, 2.24) is 5.32 Å². The van der Waals surface area contributed by atoms with E-state index in [1.165, 1.54) is 6.07 Å². The molecule has 2 N–H and O–H groups in total. The van der Waals surface area contributed by atoms with Gasteiger partial charge in [-0.05, 0) is 35.8 Å². The SMILES string of the molecule is CC(C)(C)CNC(=S)Nc1cccc(C(F)(F)F)c1. The van der Waals surface area contributed by atoms with Crippen molar-refractivity contribution in [3.8, 4) is 0 Å². The third-order valence-electron chi connectivity index (χ3n) is 2.23. The molecule has 0 aromatic heterocycles. The zero-order valence-electron chi connectivity index (χ0n) is 11.1. The van der Waals surface area contributed by atoms with Crippen LogP contribution in [-0.4, -0.2) is 11.7 Å². The van der Waals surface area contributed by atoms with Crippen LogP contribution in [0.25, 0.3) is 0 Å². The Morgan fingerprint density at radius 1 is 1.21 bits per heavy atom. The fraction of sp³-hybridized carbons (Fsp3) is 0.462. The van der Waals surface area contributed by atoms with Gasteiger partial charge in [0.1, 0.15) is 0 Å². The number of thiocarbonyl (C=S) groups is 1. The van der Waals surface area contributed by atoms with Gasteiger partial charge in [-0.15, -0.1) is 0 Å². The van der Waals surface area contributed by atoms with Gasteiger partial charge < -0.3 is 10.6 Å². The molecule has 0 radical (unpaired) electrons. The predicted molar refractivity (Wildman–Crippen MR) is 75.1 cm³/mol. The molecule has 0 bridgehead atoms. The number of nitrogens with one attached hydrogen (secondary N) is 2. The van der Waals surface area contributed by atoms with Crippen LogP contribution in [0.3, 0.4) is 0 Å². The highest BCUT2D eigenvalue weighted by atomic mass is 32.1. The molecule has 1 aromatic rings. The Morgan fingerprint density at radius 3 is 2.37 bits per heavy atom. The summed E-state index contributed by atoms with van der Waals surface area (Å²) in [6, 6.07) is 4.94. The molecule has 19 heavy (non-hydrogen) atoms. The van der Waals surface area contributed by atoms with Crippen molar-refractivity contribution >= 4 is 23.0 Å². The summed E-state index contributed by atoms with van der Waals surface area (Å²) in [4.78, 5) is 0. The zero-order valence-corrected chi connectivity index (χ0v) is 11.9. The highest BCUT2D eigenvalue weighted by molar-refractivity contribution is 7.80. The first kappa shape index (κ1) is 15.8. The van der Waals surface area contributed by atoms with Gasteiger partial charge in [0.2, 0.25) is 0 Å². The number of alkyl halides is 3. The van der Waals surface area contributed by atoms with Crippen LogP contribution in [0.2, 0.25) is 0 Å². The van der Waals surface area contributed by atoms with Gasteiger partial charge in [-0.25, -0.2) is 0 Å². The molecular formula is C13H17F3N2S. The largest absolute Gasteiger partial charge is 0.416 e. The standard InChI is InChI=1S/C13H17F3N2S/c1-12(2,3)8-17-11(19)18-10-6-4-5-9(7-10)13(14,15)16/h4-7H,8H2,1-3H3,(H2,17,18,19). The second kappa shape index (κ2) is 5.77. The minimum Gasteiger partial charge on any atom is -0.362 e. The van der Waals surface area contributed by atoms with Crippen molar-refractivity contribution in [2.24, 2.45) is 5.41 Å². The summed E-state index contributed by atoms with van der Waals surface area (Å²) < 4.78 is 37.6. The summed E-state index contributed by atoms with van der Waals surface area (Å²) in [6.45, 7) is 6.74. The van der Waals surface area contributed by atoms with Crippen molar-refractivity contribution in [1.29, 1.82) is 0 Å². The van der Waals surface area contributed by atoms with Gasteiger partial charge in [-0.3, -0.25) is 0 Å². The molecule has 1 rings (SSSR count). The molecule has 0 atom stereocenters. The Balaban J connectivity index is 2.65. The van der Waals surface area contributed by atoms with Crippen LogP contribution < -0.4 is 10.6 Å². The molecule has 0 amide bonds. The molecule has 1 aromatic carbocycles. The lowest BCUT2D eigenvalue weighted by Crippen LogP contribution is -2.35. The van der Waals surface area contributed by atoms with Crippen molar-refractivity contribution in [3.63, 3.8) is 0 Å². The second-order valence-corrected chi connectivity index (χ2v) is 5.86. The molecule has 0 aliphatic carbocycles. The molecule has 0 saturated carbocycles. The molecule has 6 heteroatoms. The zero-order chi connectivity index (χ0) is 14.7. The second-order valence-electron chi connectivity index (χ2n) is 5.45. The maximum absolute atomic E-state index is 12.5. The minimum atomic E-state index is -4.35. The van der Waals surface area contributed by atoms with Gasteiger partial charge in [0.25, 0.3) is 0 Å². The van der Waals surface area contributed by atoms with Crippen LogP contribution in [-0.2, 0) is 6.18 Å². The number of hydrogen-bond donors (Lipinski definition) is 2. The van der Waals surface area contributed by atoms with Crippen LogP contribution in [0.1, 0.15) is 26.3 Å². The maximum Gasteiger partial charge on any atom is 0.416 e. The summed E-state index contributed by atoms with van der Waals surface area (Å²) in [5, 5.41) is 6.03. The lowest BCUT2D eigenvalue weighted by atomic mass is 9.97. The number of halogens is 3. The third-order valence-corrected chi connectivity index (χ3v) is 2.47. The Hall–Kier alpha value is -1.30. The lowest BCUT2D eigenvalue weighted by molar-refractivity contribution is -0.137. The Kier molecular flexibility index (Phi) is 4.79. The van der Waals surface area contributed by atoms with E-state index in [1.807, 2.05) is 20.8 Å². The van der Waals surface area contributed by atoms with E-state index in [0.29, 0.717) is 17.3 Å². The van der Waals surface area contributed by atoms with E-state index in [-0.39, 0.29) is 5.41 Å². The first-order chi connectivity index (χ1) is 8.58. The number of anilines is 1. The van der Waals surface area contributed by atoms with E-state index in [4.69, 9.17) is 12.2 Å². The van der Waals surface area contributed by atoms with Crippen LogP contribution in [0.15, 0.2) is 24.3 Å². The van der Waals surface area contributed by atoms with E-state index in [2.05, 4.69) is 10.6 Å².